The molecule has 0 spiro atoms. The summed E-state index contributed by atoms with van der Waals surface area (Å²) in [5.74, 6) is -0.374. The zero-order valence-corrected chi connectivity index (χ0v) is 9.21. The van der Waals surface area contributed by atoms with Crippen molar-refractivity contribution in [1.82, 2.24) is 0 Å². The summed E-state index contributed by atoms with van der Waals surface area (Å²) in [6.07, 6.45) is 1.14. The van der Waals surface area contributed by atoms with Gasteiger partial charge in [-0.05, 0) is 12.5 Å². The molecule has 0 radical (unpaired) electrons. The molecule has 0 aliphatic carbocycles. The van der Waals surface area contributed by atoms with E-state index >= 15 is 0 Å². The Morgan fingerprint density at radius 1 is 1.55 bits per heavy atom. The Morgan fingerprint density at radius 3 is 2.45 bits per heavy atom. The van der Waals surface area contributed by atoms with Gasteiger partial charge in [0, 0.05) is 6.42 Å². The maximum Gasteiger partial charge on any atom is 0.324 e. The quantitative estimate of drug-likeness (QED) is 0.532. The van der Waals surface area contributed by atoms with Gasteiger partial charge in [-0.2, -0.15) is 11.1 Å². The van der Waals surface area contributed by atoms with Crippen molar-refractivity contribution < 1.29 is 9.08 Å². The zero-order chi connectivity index (χ0) is 8.91. The lowest BCUT2D eigenvalue weighted by Gasteiger charge is -2.10. The molecule has 0 aliphatic heterocycles. The van der Waals surface area contributed by atoms with Crippen molar-refractivity contribution in [3.05, 3.63) is 0 Å². The van der Waals surface area contributed by atoms with Crippen LogP contribution in [0, 0.1) is 0 Å². The summed E-state index contributed by atoms with van der Waals surface area (Å²) in [5, 5.41) is 0. The zero-order valence-electron chi connectivity index (χ0n) is 6.69. The molecule has 0 fully saturated rings. The Hall–Kier alpha value is 0.267. The molecule has 0 bridgehead atoms. The van der Waals surface area contributed by atoms with Crippen LogP contribution in [0.2, 0.25) is 19.1 Å². The van der Waals surface area contributed by atoms with E-state index in [2.05, 4.69) is 4.29 Å². The molecule has 0 aromatic rings. The van der Waals surface area contributed by atoms with Crippen LogP contribution in [0.1, 0.15) is 12.8 Å². The number of rotatable bonds is 4. The lowest BCUT2D eigenvalue weighted by atomic mass is 10.3. The minimum absolute atomic E-state index is 0.368. The van der Waals surface area contributed by atoms with Gasteiger partial charge in [-0.15, -0.1) is 0 Å². The van der Waals surface area contributed by atoms with Crippen LogP contribution in [0.5, 0.6) is 0 Å². The topological polar surface area (TPSA) is 26.3 Å². The molecule has 2 nitrogen and oxygen atoms in total. The Labute approximate surface area is 77.7 Å². The van der Waals surface area contributed by atoms with E-state index in [0.29, 0.717) is 6.42 Å². The van der Waals surface area contributed by atoms with Crippen LogP contribution in [0.3, 0.4) is 0 Å². The smallest absolute Gasteiger partial charge is 0.324 e. The van der Waals surface area contributed by atoms with Gasteiger partial charge in [-0.25, -0.2) is 0 Å². The predicted molar refractivity (Wildman–Crippen MR) is 49.3 cm³/mol. The third-order valence-corrected chi connectivity index (χ3v) is 3.52. The third-order valence-electron chi connectivity index (χ3n) is 1.24. The first-order valence-corrected chi connectivity index (χ1v) is 7.99. The second kappa shape index (κ2) is 5.01. The van der Waals surface area contributed by atoms with Crippen LogP contribution >= 0.6 is 22.9 Å². The van der Waals surface area contributed by atoms with E-state index in [-0.39, 0.29) is 5.97 Å². The molecule has 0 aromatic heterocycles. The Bertz CT molecular complexity index is 133. The molecule has 0 rings (SSSR count). The standard InChI is InChI=1S/C6H12Cl2O2Si/c1-11(2,8)5-3-4-6(9)10-7/h3-5H2,1-2H3. The predicted octanol–water partition coefficient (Wildman–Crippen LogP) is 2.91. The van der Waals surface area contributed by atoms with Crippen LogP contribution in [0.4, 0.5) is 0 Å². The second-order valence-corrected chi connectivity index (χ2v) is 10.2. The highest BCUT2D eigenvalue weighted by atomic mass is 35.6. The first-order valence-electron chi connectivity index (χ1n) is 3.46. The number of hydrogen-bond donors (Lipinski definition) is 0. The average Bonchev–Trinajstić information content (AvgIpc) is 1.85. The summed E-state index contributed by atoms with van der Waals surface area (Å²) in [6.45, 7) is 4.08. The molecule has 66 valence electrons. The van der Waals surface area contributed by atoms with Crippen LogP contribution < -0.4 is 0 Å². The number of hydrogen-bond acceptors (Lipinski definition) is 2. The Balaban J connectivity index is 3.35. The lowest BCUT2D eigenvalue weighted by Crippen LogP contribution is -2.15. The number of halogens is 2. The third kappa shape index (κ3) is 8.17. The maximum atomic E-state index is 10.5. The molecule has 0 unspecified atom stereocenters. The molecule has 11 heavy (non-hydrogen) atoms. The largest absolute Gasteiger partial charge is 0.348 e. The first kappa shape index (κ1) is 11.3. The molecule has 5 heteroatoms. The summed E-state index contributed by atoms with van der Waals surface area (Å²) in [4.78, 5) is 10.5. The lowest BCUT2D eigenvalue weighted by molar-refractivity contribution is -0.133. The maximum absolute atomic E-state index is 10.5. The van der Waals surface area contributed by atoms with Gasteiger partial charge >= 0.3 is 5.97 Å². The summed E-state index contributed by atoms with van der Waals surface area (Å²) in [5.41, 5.74) is 0. The SMILES string of the molecule is C[Si](C)(Cl)CCCC(=O)OCl. The average molecular weight is 215 g/mol. The van der Waals surface area contributed by atoms with E-state index in [4.69, 9.17) is 22.9 Å². The molecule has 0 saturated heterocycles. The van der Waals surface area contributed by atoms with Gasteiger partial charge < -0.3 is 4.29 Å². The van der Waals surface area contributed by atoms with Crippen molar-refractivity contribution in [2.24, 2.45) is 0 Å². The van der Waals surface area contributed by atoms with Crippen molar-refractivity contribution >= 4 is 36.3 Å². The molecule has 0 heterocycles. The van der Waals surface area contributed by atoms with E-state index in [0.717, 1.165) is 12.5 Å². The summed E-state index contributed by atoms with van der Waals surface area (Å²) >= 11 is 10.8. The highest BCUT2D eigenvalue weighted by Gasteiger charge is 2.16. The van der Waals surface area contributed by atoms with Gasteiger partial charge in [0.1, 0.15) is 11.9 Å². The van der Waals surface area contributed by atoms with Gasteiger partial charge in [0.15, 0.2) is 7.38 Å². The molecule has 0 N–H and O–H groups in total. The highest BCUT2D eigenvalue weighted by molar-refractivity contribution is 7.19. The fourth-order valence-electron chi connectivity index (χ4n) is 0.692. The van der Waals surface area contributed by atoms with Crippen molar-refractivity contribution in [2.45, 2.75) is 32.0 Å². The molecule has 0 aliphatic rings. The molecule has 0 amide bonds. The summed E-state index contributed by atoms with van der Waals surface area (Å²) in [7, 11) is -1.52. The van der Waals surface area contributed by atoms with E-state index in [9.17, 15) is 4.79 Å². The van der Waals surface area contributed by atoms with Crippen molar-refractivity contribution in [1.29, 1.82) is 0 Å². The Morgan fingerprint density at radius 2 is 2.09 bits per heavy atom. The van der Waals surface area contributed by atoms with Gasteiger partial charge in [0.25, 0.3) is 0 Å². The van der Waals surface area contributed by atoms with Crippen LogP contribution in [-0.2, 0) is 9.08 Å². The van der Waals surface area contributed by atoms with Gasteiger partial charge in [0.05, 0.1) is 0 Å². The van der Waals surface area contributed by atoms with Gasteiger partial charge in [-0.1, -0.05) is 13.1 Å². The minimum Gasteiger partial charge on any atom is -0.348 e. The van der Waals surface area contributed by atoms with Crippen LogP contribution in [-0.4, -0.2) is 13.4 Å². The molecular formula is C6H12Cl2O2Si. The molecule has 0 saturated carbocycles. The number of carbonyl (C=O) groups is 1. The molecule has 0 atom stereocenters. The molecule has 0 aromatic carbocycles. The van der Waals surface area contributed by atoms with Crippen LogP contribution in [0.25, 0.3) is 0 Å². The van der Waals surface area contributed by atoms with Gasteiger partial charge in [-0.3, -0.25) is 4.79 Å². The van der Waals surface area contributed by atoms with E-state index in [1.165, 1.54) is 0 Å². The monoisotopic (exact) mass is 214 g/mol. The minimum atomic E-state index is -1.52. The van der Waals surface area contributed by atoms with E-state index in [1.807, 2.05) is 13.1 Å². The summed E-state index contributed by atoms with van der Waals surface area (Å²) < 4.78 is 3.97. The Kier molecular flexibility index (Phi) is 5.13. The molecular weight excluding hydrogens is 203 g/mol. The van der Waals surface area contributed by atoms with Crippen LogP contribution in [0.15, 0.2) is 0 Å². The van der Waals surface area contributed by atoms with Crippen molar-refractivity contribution in [3.8, 4) is 0 Å². The van der Waals surface area contributed by atoms with Crippen molar-refractivity contribution in [3.63, 3.8) is 0 Å². The second-order valence-electron chi connectivity index (χ2n) is 3.02. The fourth-order valence-corrected chi connectivity index (χ4v) is 2.19. The first-order chi connectivity index (χ1) is 4.95. The van der Waals surface area contributed by atoms with Crippen molar-refractivity contribution in [2.75, 3.05) is 0 Å². The van der Waals surface area contributed by atoms with Gasteiger partial charge in [0.2, 0.25) is 0 Å². The summed E-state index contributed by atoms with van der Waals surface area (Å²) in [6, 6.07) is 0.917. The fraction of sp³-hybridized carbons (Fsp3) is 0.833. The van der Waals surface area contributed by atoms with E-state index < -0.39 is 7.38 Å². The highest BCUT2D eigenvalue weighted by Crippen LogP contribution is 2.17. The van der Waals surface area contributed by atoms with E-state index in [1.54, 1.807) is 0 Å². The number of carbonyl (C=O) groups excluding carboxylic acids is 1. The normalized spacial score (nSPS) is 11.3.